The van der Waals surface area contributed by atoms with Crippen molar-refractivity contribution in [2.75, 3.05) is 0 Å². The molecular weight excluding hydrogens is 236 g/mol. The zero-order chi connectivity index (χ0) is 13.5. The first-order valence-corrected chi connectivity index (χ1v) is 7.06. The first-order chi connectivity index (χ1) is 9.29. The Morgan fingerprint density at radius 1 is 1.16 bits per heavy atom. The molecule has 0 aliphatic heterocycles. The predicted molar refractivity (Wildman–Crippen MR) is 74.2 cm³/mol. The molecule has 1 amide bonds. The predicted octanol–water partition coefficient (Wildman–Crippen LogP) is 3.14. The average Bonchev–Trinajstić information content (AvgIpc) is 2.74. The van der Waals surface area contributed by atoms with Gasteiger partial charge in [-0.25, -0.2) is 0 Å². The Morgan fingerprint density at radius 3 is 2.37 bits per heavy atom. The molecule has 0 heterocycles. The summed E-state index contributed by atoms with van der Waals surface area (Å²) in [4.78, 5) is 12.1. The molecule has 0 aromatic heterocycles. The van der Waals surface area contributed by atoms with Crippen LogP contribution in [0, 0.1) is 17.2 Å². The Balaban J connectivity index is 1.83. The van der Waals surface area contributed by atoms with E-state index in [9.17, 15) is 4.79 Å². The highest BCUT2D eigenvalue weighted by atomic mass is 16.1. The van der Waals surface area contributed by atoms with Crippen molar-refractivity contribution in [2.45, 2.75) is 45.1 Å². The molecule has 1 saturated carbocycles. The second kappa shape index (κ2) is 6.94. The van der Waals surface area contributed by atoms with Crippen molar-refractivity contribution in [2.24, 2.45) is 5.92 Å². The third-order valence-electron chi connectivity index (χ3n) is 3.78. The standard InChI is InChI=1S/C16H20N2O/c17-11-13-7-9-14(10-8-13)12-18-16(19)15-5-3-1-2-4-6-15/h7-10,15H,1-6,12H2,(H,18,19). The second-order valence-electron chi connectivity index (χ2n) is 5.22. The van der Waals surface area contributed by atoms with Crippen LogP contribution in [-0.4, -0.2) is 5.91 Å². The highest BCUT2D eigenvalue weighted by Gasteiger charge is 2.19. The normalized spacial score (nSPS) is 16.4. The first-order valence-electron chi connectivity index (χ1n) is 7.06. The summed E-state index contributed by atoms with van der Waals surface area (Å²) in [5, 5.41) is 11.7. The van der Waals surface area contributed by atoms with Crippen LogP contribution in [0.2, 0.25) is 0 Å². The van der Waals surface area contributed by atoms with Gasteiger partial charge >= 0.3 is 0 Å². The monoisotopic (exact) mass is 256 g/mol. The van der Waals surface area contributed by atoms with E-state index in [4.69, 9.17) is 5.26 Å². The summed E-state index contributed by atoms with van der Waals surface area (Å²) in [6.45, 7) is 0.557. The van der Waals surface area contributed by atoms with Crippen molar-refractivity contribution in [3.8, 4) is 6.07 Å². The van der Waals surface area contributed by atoms with Gasteiger partial charge in [-0.05, 0) is 30.5 Å². The van der Waals surface area contributed by atoms with Crippen molar-refractivity contribution in [3.05, 3.63) is 35.4 Å². The van der Waals surface area contributed by atoms with Crippen molar-refractivity contribution >= 4 is 5.91 Å². The van der Waals surface area contributed by atoms with Gasteiger partial charge in [0, 0.05) is 12.5 Å². The number of nitrogens with zero attached hydrogens (tertiary/aromatic N) is 1. The van der Waals surface area contributed by atoms with Crippen LogP contribution in [0.3, 0.4) is 0 Å². The van der Waals surface area contributed by atoms with Crippen LogP contribution >= 0.6 is 0 Å². The summed E-state index contributed by atoms with van der Waals surface area (Å²) < 4.78 is 0. The molecule has 0 unspecified atom stereocenters. The van der Waals surface area contributed by atoms with E-state index in [1.54, 1.807) is 12.1 Å². The van der Waals surface area contributed by atoms with Gasteiger partial charge in [0.05, 0.1) is 11.6 Å². The average molecular weight is 256 g/mol. The summed E-state index contributed by atoms with van der Waals surface area (Å²) in [5.74, 6) is 0.382. The van der Waals surface area contributed by atoms with E-state index < -0.39 is 0 Å². The maximum Gasteiger partial charge on any atom is 0.223 e. The number of hydrogen-bond donors (Lipinski definition) is 1. The number of benzene rings is 1. The number of amides is 1. The van der Waals surface area contributed by atoms with Gasteiger partial charge in [-0.1, -0.05) is 37.8 Å². The Hall–Kier alpha value is -1.82. The van der Waals surface area contributed by atoms with Crippen molar-refractivity contribution in [3.63, 3.8) is 0 Å². The fourth-order valence-corrected chi connectivity index (χ4v) is 2.57. The van der Waals surface area contributed by atoms with E-state index in [0.29, 0.717) is 12.1 Å². The van der Waals surface area contributed by atoms with Crippen LogP contribution in [0.4, 0.5) is 0 Å². The molecule has 1 aromatic rings. The summed E-state index contributed by atoms with van der Waals surface area (Å²) in [6.07, 6.45) is 6.93. The van der Waals surface area contributed by atoms with Gasteiger partial charge in [0.2, 0.25) is 5.91 Å². The minimum atomic E-state index is 0.186. The summed E-state index contributed by atoms with van der Waals surface area (Å²) in [5.41, 5.74) is 1.69. The highest BCUT2D eigenvalue weighted by Crippen LogP contribution is 2.22. The molecule has 1 N–H and O–H groups in total. The molecule has 3 nitrogen and oxygen atoms in total. The Kier molecular flexibility index (Phi) is 4.97. The largest absolute Gasteiger partial charge is 0.352 e. The number of nitrogens with one attached hydrogen (secondary N) is 1. The third-order valence-corrected chi connectivity index (χ3v) is 3.78. The lowest BCUT2D eigenvalue weighted by atomic mass is 9.99. The molecule has 19 heavy (non-hydrogen) atoms. The summed E-state index contributed by atoms with van der Waals surface area (Å²) in [7, 11) is 0. The zero-order valence-corrected chi connectivity index (χ0v) is 11.2. The molecule has 1 aliphatic rings. The fourth-order valence-electron chi connectivity index (χ4n) is 2.57. The van der Waals surface area contributed by atoms with Crippen LogP contribution in [0.5, 0.6) is 0 Å². The maximum absolute atomic E-state index is 12.1. The van der Waals surface area contributed by atoms with Crippen molar-refractivity contribution < 1.29 is 4.79 Å². The van der Waals surface area contributed by atoms with Crippen LogP contribution in [0.1, 0.15) is 49.7 Å². The number of hydrogen-bond acceptors (Lipinski definition) is 2. The number of carbonyl (C=O) groups excluding carboxylic acids is 1. The molecular formula is C16H20N2O. The SMILES string of the molecule is N#Cc1ccc(CNC(=O)C2CCCCCC2)cc1. The van der Waals surface area contributed by atoms with Gasteiger partial charge in [-0.2, -0.15) is 5.26 Å². The van der Waals surface area contributed by atoms with Gasteiger partial charge in [-0.15, -0.1) is 0 Å². The molecule has 100 valence electrons. The van der Waals surface area contributed by atoms with E-state index in [0.717, 1.165) is 18.4 Å². The van der Waals surface area contributed by atoms with Crippen LogP contribution in [0.25, 0.3) is 0 Å². The lowest BCUT2D eigenvalue weighted by Gasteiger charge is -2.14. The van der Waals surface area contributed by atoms with Gasteiger partial charge in [-0.3, -0.25) is 4.79 Å². The minimum absolute atomic E-state index is 0.186. The molecule has 0 radical (unpaired) electrons. The third kappa shape index (κ3) is 4.10. The van der Waals surface area contributed by atoms with E-state index in [1.165, 1.54) is 25.7 Å². The zero-order valence-electron chi connectivity index (χ0n) is 11.2. The van der Waals surface area contributed by atoms with Crippen molar-refractivity contribution in [1.82, 2.24) is 5.32 Å². The molecule has 1 aliphatic carbocycles. The second-order valence-corrected chi connectivity index (χ2v) is 5.22. The number of nitriles is 1. The molecule has 3 heteroatoms. The molecule has 0 atom stereocenters. The van der Waals surface area contributed by atoms with Crippen LogP contribution in [0.15, 0.2) is 24.3 Å². The van der Waals surface area contributed by atoms with Crippen LogP contribution < -0.4 is 5.32 Å². The van der Waals surface area contributed by atoms with Crippen molar-refractivity contribution in [1.29, 1.82) is 5.26 Å². The van der Waals surface area contributed by atoms with Gasteiger partial charge in [0.1, 0.15) is 0 Å². The molecule has 1 aromatic carbocycles. The lowest BCUT2D eigenvalue weighted by Crippen LogP contribution is -2.30. The summed E-state index contributed by atoms with van der Waals surface area (Å²) >= 11 is 0. The van der Waals surface area contributed by atoms with E-state index in [1.807, 2.05) is 12.1 Å². The molecule has 1 fully saturated rings. The maximum atomic E-state index is 12.1. The first kappa shape index (κ1) is 13.6. The lowest BCUT2D eigenvalue weighted by molar-refractivity contribution is -0.125. The molecule has 2 rings (SSSR count). The molecule has 0 spiro atoms. The van der Waals surface area contributed by atoms with Gasteiger partial charge < -0.3 is 5.32 Å². The molecule has 0 bridgehead atoms. The molecule has 0 saturated heterocycles. The summed E-state index contributed by atoms with van der Waals surface area (Å²) in [6, 6.07) is 9.45. The van der Waals surface area contributed by atoms with E-state index >= 15 is 0 Å². The fraction of sp³-hybridized carbons (Fsp3) is 0.500. The van der Waals surface area contributed by atoms with Crippen LogP contribution in [-0.2, 0) is 11.3 Å². The number of rotatable bonds is 3. The Labute approximate surface area is 114 Å². The quantitative estimate of drug-likeness (QED) is 0.845. The van der Waals surface area contributed by atoms with Gasteiger partial charge in [0.15, 0.2) is 0 Å². The minimum Gasteiger partial charge on any atom is -0.352 e. The van der Waals surface area contributed by atoms with Gasteiger partial charge in [0.25, 0.3) is 0 Å². The Bertz CT molecular complexity index is 451. The topological polar surface area (TPSA) is 52.9 Å². The Morgan fingerprint density at radius 2 is 1.79 bits per heavy atom. The smallest absolute Gasteiger partial charge is 0.223 e. The number of carbonyl (C=O) groups is 1. The highest BCUT2D eigenvalue weighted by molar-refractivity contribution is 5.78. The van der Waals surface area contributed by atoms with E-state index in [-0.39, 0.29) is 11.8 Å². The van der Waals surface area contributed by atoms with E-state index in [2.05, 4.69) is 11.4 Å².